The van der Waals surface area contributed by atoms with Gasteiger partial charge in [0.05, 0.1) is 12.6 Å². The van der Waals surface area contributed by atoms with Crippen LogP contribution in [0.4, 0.5) is 0 Å². The maximum absolute atomic E-state index is 12.3. The number of carbonyl (C=O) groups excluding carboxylic acids is 2. The van der Waals surface area contributed by atoms with Gasteiger partial charge in [-0.2, -0.15) is 5.10 Å². The van der Waals surface area contributed by atoms with Crippen LogP contribution in [-0.2, 0) is 9.53 Å². The van der Waals surface area contributed by atoms with Crippen LogP contribution in [0.1, 0.15) is 24.3 Å². The lowest BCUT2D eigenvalue weighted by atomic mass is 10.0. The standard InChI is InChI=1S/C14H17N3O3/c1-8(2)11(14(19)20-3)15-13(18)12-9-6-4-5-7-10(9)16-17-12/h4-8,11H,1-3H3,(H,15,18)(H,16,17). The molecule has 1 aromatic carbocycles. The monoisotopic (exact) mass is 275 g/mol. The minimum absolute atomic E-state index is 0.0726. The average Bonchev–Trinajstić information content (AvgIpc) is 2.87. The fraction of sp³-hybridized carbons (Fsp3) is 0.357. The third kappa shape index (κ3) is 2.64. The number of rotatable bonds is 4. The molecule has 6 heteroatoms. The number of para-hydroxylation sites is 1. The van der Waals surface area contributed by atoms with E-state index in [1.807, 2.05) is 32.0 Å². The summed E-state index contributed by atoms with van der Waals surface area (Å²) in [6, 6.07) is 6.63. The molecule has 2 N–H and O–H groups in total. The highest BCUT2D eigenvalue weighted by Crippen LogP contribution is 2.15. The number of H-pyrrole nitrogens is 1. The van der Waals surface area contributed by atoms with E-state index in [4.69, 9.17) is 4.74 Å². The van der Waals surface area contributed by atoms with E-state index in [0.29, 0.717) is 0 Å². The lowest BCUT2D eigenvalue weighted by Gasteiger charge is -2.19. The molecular formula is C14H17N3O3. The number of benzene rings is 1. The molecule has 1 heterocycles. The van der Waals surface area contributed by atoms with Crippen LogP contribution in [-0.4, -0.2) is 35.2 Å². The number of nitrogens with one attached hydrogen (secondary N) is 2. The highest BCUT2D eigenvalue weighted by Gasteiger charge is 2.26. The molecule has 1 aromatic heterocycles. The number of nitrogens with zero attached hydrogens (tertiary/aromatic N) is 1. The number of hydrogen-bond donors (Lipinski definition) is 2. The van der Waals surface area contributed by atoms with E-state index < -0.39 is 17.9 Å². The van der Waals surface area contributed by atoms with Crippen molar-refractivity contribution in [3.8, 4) is 0 Å². The van der Waals surface area contributed by atoms with Gasteiger partial charge in [0, 0.05) is 5.39 Å². The molecule has 0 saturated heterocycles. The third-order valence-corrected chi connectivity index (χ3v) is 3.09. The molecule has 0 radical (unpaired) electrons. The van der Waals surface area contributed by atoms with Crippen molar-refractivity contribution in [2.45, 2.75) is 19.9 Å². The van der Waals surface area contributed by atoms with Crippen molar-refractivity contribution in [1.82, 2.24) is 15.5 Å². The number of ether oxygens (including phenoxy) is 1. The molecule has 1 unspecified atom stereocenters. The Bertz CT molecular complexity index is 633. The van der Waals surface area contributed by atoms with Crippen LogP contribution in [0.2, 0.25) is 0 Å². The van der Waals surface area contributed by atoms with Crippen molar-refractivity contribution in [2.75, 3.05) is 7.11 Å². The molecule has 0 aliphatic rings. The van der Waals surface area contributed by atoms with Crippen molar-refractivity contribution in [3.63, 3.8) is 0 Å². The predicted octanol–water partition coefficient (Wildman–Crippen LogP) is 1.49. The number of fused-ring (bicyclic) bond motifs is 1. The molecule has 0 saturated carbocycles. The van der Waals surface area contributed by atoms with Crippen LogP contribution >= 0.6 is 0 Å². The van der Waals surface area contributed by atoms with Gasteiger partial charge in [0.15, 0.2) is 5.69 Å². The molecule has 2 rings (SSSR count). The molecule has 0 spiro atoms. The van der Waals surface area contributed by atoms with Crippen LogP contribution in [0, 0.1) is 5.92 Å². The van der Waals surface area contributed by atoms with Crippen LogP contribution in [0.15, 0.2) is 24.3 Å². The highest BCUT2D eigenvalue weighted by molar-refractivity contribution is 6.05. The lowest BCUT2D eigenvalue weighted by Crippen LogP contribution is -2.45. The summed E-state index contributed by atoms with van der Waals surface area (Å²) >= 11 is 0. The molecule has 106 valence electrons. The summed E-state index contributed by atoms with van der Waals surface area (Å²) in [5, 5.41) is 10.2. The van der Waals surface area contributed by atoms with E-state index in [9.17, 15) is 9.59 Å². The molecule has 1 atom stereocenters. The van der Waals surface area contributed by atoms with Gasteiger partial charge < -0.3 is 10.1 Å². The molecule has 0 bridgehead atoms. The normalized spacial score (nSPS) is 12.4. The van der Waals surface area contributed by atoms with Crippen LogP contribution in [0.5, 0.6) is 0 Å². The van der Waals surface area contributed by atoms with E-state index in [1.165, 1.54) is 7.11 Å². The minimum atomic E-state index is -0.692. The number of carbonyl (C=O) groups is 2. The maximum Gasteiger partial charge on any atom is 0.328 e. The smallest absolute Gasteiger partial charge is 0.328 e. The summed E-state index contributed by atoms with van der Waals surface area (Å²) in [5.74, 6) is -0.934. The number of aromatic nitrogens is 2. The minimum Gasteiger partial charge on any atom is -0.467 e. The number of amides is 1. The fourth-order valence-electron chi connectivity index (χ4n) is 1.97. The molecule has 1 amide bonds. The number of methoxy groups -OCH3 is 1. The Labute approximate surface area is 116 Å². The molecule has 0 aliphatic carbocycles. The van der Waals surface area contributed by atoms with E-state index >= 15 is 0 Å². The van der Waals surface area contributed by atoms with Crippen molar-refractivity contribution in [1.29, 1.82) is 0 Å². The van der Waals surface area contributed by atoms with Gasteiger partial charge in [-0.3, -0.25) is 9.89 Å². The van der Waals surface area contributed by atoms with E-state index in [1.54, 1.807) is 6.07 Å². The summed E-state index contributed by atoms with van der Waals surface area (Å²) in [4.78, 5) is 23.9. The van der Waals surface area contributed by atoms with Crippen molar-refractivity contribution in [3.05, 3.63) is 30.0 Å². The van der Waals surface area contributed by atoms with Crippen LogP contribution in [0.25, 0.3) is 10.9 Å². The summed E-state index contributed by atoms with van der Waals surface area (Å²) < 4.78 is 4.70. The van der Waals surface area contributed by atoms with Crippen LogP contribution < -0.4 is 5.32 Å². The predicted molar refractivity (Wildman–Crippen MR) is 74.2 cm³/mol. The molecular weight excluding hydrogens is 258 g/mol. The van der Waals surface area contributed by atoms with Gasteiger partial charge in [-0.05, 0) is 12.0 Å². The summed E-state index contributed by atoms with van der Waals surface area (Å²) in [5.41, 5.74) is 1.05. The van der Waals surface area contributed by atoms with Gasteiger partial charge in [-0.15, -0.1) is 0 Å². The summed E-state index contributed by atoms with van der Waals surface area (Å²) in [6.45, 7) is 3.68. The van der Waals surface area contributed by atoms with Gasteiger partial charge in [-0.25, -0.2) is 4.79 Å². The first-order chi connectivity index (χ1) is 9.54. The SMILES string of the molecule is COC(=O)C(NC(=O)c1n[nH]c2ccccc12)C(C)C. The Kier molecular flexibility index (Phi) is 4.02. The molecule has 20 heavy (non-hydrogen) atoms. The van der Waals surface area contributed by atoms with Gasteiger partial charge in [-0.1, -0.05) is 32.0 Å². The van der Waals surface area contributed by atoms with E-state index in [2.05, 4.69) is 15.5 Å². The largest absolute Gasteiger partial charge is 0.467 e. The van der Waals surface area contributed by atoms with Crippen molar-refractivity contribution >= 4 is 22.8 Å². The zero-order chi connectivity index (χ0) is 14.7. The first-order valence-electron chi connectivity index (χ1n) is 6.36. The second kappa shape index (κ2) is 5.73. The van der Waals surface area contributed by atoms with Gasteiger partial charge in [0.25, 0.3) is 5.91 Å². The quantitative estimate of drug-likeness (QED) is 0.828. The second-order valence-electron chi connectivity index (χ2n) is 4.84. The fourth-order valence-corrected chi connectivity index (χ4v) is 1.97. The lowest BCUT2D eigenvalue weighted by molar-refractivity contribution is -0.144. The van der Waals surface area contributed by atoms with E-state index in [0.717, 1.165) is 10.9 Å². The molecule has 2 aromatic rings. The molecule has 0 aliphatic heterocycles. The zero-order valence-corrected chi connectivity index (χ0v) is 11.6. The number of hydrogen-bond acceptors (Lipinski definition) is 4. The van der Waals surface area contributed by atoms with E-state index in [-0.39, 0.29) is 11.6 Å². The Morgan fingerprint density at radius 3 is 2.65 bits per heavy atom. The van der Waals surface area contributed by atoms with Gasteiger partial charge >= 0.3 is 5.97 Å². The third-order valence-electron chi connectivity index (χ3n) is 3.09. The maximum atomic E-state index is 12.3. The highest BCUT2D eigenvalue weighted by atomic mass is 16.5. The molecule has 0 fully saturated rings. The Morgan fingerprint density at radius 2 is 2.00 bits per heavy atom. The van der Waals surface area contributed by atoms with Crippen molar-refractivity contribution < 1.29 is 14.3 Å². The topological polar surface area (TPSA) is 84.1 Å². The Morgan fingerprint density at radius 1 is 1.30 bits per heavy atom. The number of aromatic amines is 1. The Hall–Kier alpha value is -2.37. The molecule has 6 nitrogen and oxygen atoms in total. The Balaban J connectivity index is 2.25. The van der Waals surface area contributed by atoms with Gasteiger partial charge in [0.1, 0.15) is 6.04 Å². The van der Waals surface area contributed by atoms with Crippen LogP contribution in [0.3, 0.4) is 0 Å². The summed E-state index contributed by atoms with van der Waals surface area (Å²) in [6.07, 6.45) is 0. The second-order valence-corrected chi connectivity index (χ2v) is 4.84. The first kappa shape index (κ1) is 14.0. The number of esters is 1. The summed E-state index contributed by atoms with van der Waals surface area (Å²) in [7, 11) is 1.30. The average molecular weight is 275 g/mol. The zero-order valence-electron chi connectivity index (χ0n) is 11.6. The first-order valence-corrected chi connectivity index (χ1v) is 6.36. The van der Waals surface area contributed by atoms with Crippen molar-refractivity contribution in [2.24, 2.45) is 5.92 Å². The van der Waals surface area contributed by atoms with Gasteiger partial charge in [0.2, 0.25) is 0 Å².